The second kappa shape index (κ2) is 6.96. The number of fused-ring (bicyclic) bond motifs is 1. The molecule has 0 aliphatic carbocycles. The van der Waals surface area contributed by atoms with Crippen LogP contribution in [0.2, 0.25) is 0 Å². The molecule has 1 fully saturated rings. The minimum absolute atomic E-state index is 0.00341. The van der Waals surface area contributed by atoms with Crippen LogP contribution >= 0.6 is 0 Å². The SMILES string of the molecule is Cc1ccc2ncc(C(=O)Nc3cnn(C4CCOCC4)c3C)c(=O)n2c1. The van der Waals surface area contributed by atoms with Gasteiger partial charge in [-0.2, -0.15) is 5.10 Å². The highest BCUT2D eigenvalue weighted by atomic mass is 16.5. The van der Waals surface area contributed by atoms with E-state index < -0.39 is 11.5 Å². The number of hydrogen-bond donors (Lipinski definition) is 1. The molecule has 0 spiro atoms. The van der Waals surface area contributed by atoms with Crippen LogP contribution < -0.4 is 10.9 Å². The van der Waals surface area contributed by atoms with Gasteiger partial charge in [-0.15, -0.1) is 0 Å². The van der Waals surface area contributed by atoms with Crippen LogP contribution in [0.4, 0.5) is 5.69 Å². The van der Waals surface area contributed by atoms with Gasteiger partial charge in [0.2, 0.25) is 0 Å². The van der Waals surface area contributed by atoms with Crippen LogP contribution in [0.5, 0.6) is 0 Å². The maximum Gasteiger partial charge on any atom is 0.270 e. The highest BCUT2D eigenvalue weighted by Gasteiger charge is 2.21. The molecule has 1 amide bonds. The van der Waals surface area contributed by atoms with Gasteiger partial charge < -0.3 is 10.1 Å². The molecule has 8 heteroatoms. The van der Waals surface area contributed by atoms with E-state index in [4.69, 9.17) is 4.74 Å². The van der Waals surface area contributed by atoms with Gasteiger partial charge in [0.1, 0.15) is 11.2 Å². The molecule has 3 aromatic heterocycles. The van der Waals surface area contributed by atoms with Gasteiger partial charge in [-0.05, 0) is 38.3 Å². The summed E-state index contributed by atoms with van der Waals surface area (Å²) < 4.78 is 8.71. The van der Waals surface area contributed by atoms with Crippen molar-refractivity contribution in [3.63, 3.8) is 0 Å². The fraction of sp³-hybridized carbons (Fsp3) is 0.368. The maximum absolute atomic E-state index is 12.7. The van der Waals surface area contributed by atoms with Gasteiger partial charge in [0.15, 0.2) is 0 Å². The Balaban J connectivity index is 1.61. The molecule has 1 N–H and O–H groups in total. The van der Waals surface area contributed by atoms with Gasteiger partial charge >= 0.3 is 0 Å². The van der Waals surface area contributed by atoms with Crippen molar-refractivity contribution >= 4 is 17.2 Å². The quantitative estimate of drug-likeness (QED) is 0.766. The standard InChI is InChI=1S/C19H21N5O3/c1-12-3-4-17-20-9-15(19(26)23(17)11-12)18(25)22-16-10-21-24(13(16)2)14-5-7-27-8-6-14/h3-4,9-11,14H,5-8H2,1-2H3,(H,22,25). The Morgan fingerprint density at radius 3 is 2.78 bits per heavy atom. The van der Waals surface area contributed by atoms with E-state index >= 15 is 0 Å². The number of hydrogen-bond acceptors (Lipinski definition) is 5. The zero-order chi connectivity index (χ0) is 19.0. The summed E-state index contributed by atoms with van der Waals surface area (Å²) in [5, 5.41) is 7.22. The lowest BCUT2D eigenvalue weighted by molar-refractivity contribution is 0.0657. The van der Waals surface area contributed by atoms with E-state index in [2.05, 4.69) is 15.4 Å². The van der Waals surface area contributed by atoms with Gasteiger partial charge in [0.25, 0.3) is 11.5 Å². The lowest BCUT2D eigenvalue weighted by Crippen LogP contribution is -2.27. The lowest BCUT2D eigenvalue weighted by Gasteiger charge is -2.23. The number of amides is 1. The van der Waals surface area contributed by atoms with Crippen LogP contribution in [-0.4, -0.2) is 38.3 Å². The van der Waals surface area contributed by atoms with Crippen molar-refractivity contribution in [3.8, 4) is 0 Å². The number of pyridine rings is 1. The van der Waals surface area contributed by atoms with E-state index in [0.29, 0.717) is 24.5 Å². The molecule has 0 radical (unpaired) electrons. The average molecular weight is 367 g/mol. The third-order valence-corrected chi connectivity index (χ3v) is 4.92. The van der Waals surface area contributed by atoms with Crippen LogP contribution in [0.1, 0.15) is 40.5 Å². The van der Waals surface area contributed by atoms with Gasteiger partial charge in [-0.25, -0.2) is 4.98 Å². The predicted molar refractivity (Wildman–Crippen MR) is 100 cm³/mol. The normalized spacial score (nSPS) is 15.2. The van der Waals surface area contributed by atoms with E-state index in [1.807, 2.05) is 24.6 Å². The molecule has 1 aliphatic rings. The molecule has 0 atom stereocenters. The van der Waals surface area contributed by atoms with Gasteiger partial charge in [0.05, 0.1) is 23.6 Å². The van der Waals surface area contributed by atoms with Crippen LogP contribution in [0.3, 0.4) is 0 Å². The summed E-state index contributed by atoms with van der Waals surface area (Å²) in [5.41, 5.74) is 2.48. The number of anilines is 1. The van der Waals surface area contributed by atoms with Crippen molar-refractivity contribution in [3.05, 3.63) is 57.9 Å². The van der Waals surface area contributed by atoms with Gasteiger partial charge in [-0.1, -0.05) is 6.07 Å². The molecule has 1 aliphatic heterocycles. The monoisotopic (exact) mass is 367 g/mol. The molecule has 3 aromatic rings. The molecule has 4 rings (SSSR count). The molecule has 0 aromatic carbocycles. The number of nitrogens with one attached hydrogen (secondary N) is 1. The van der Waals surface area contributed by atoms with E-state index in [1.165, 1.54) is 10.6 Å². The summed E-state index contributed by atoms with van der Waals surface area (Å²) in [6, 6.07) is 3.89. The Bertz CT molecular complexity index is 1060. The van der Waals surface area contributed by atoms with Crippen molar-refractivity contribution in [2.45, 2.75) is 32.7 Å². The Morgan fingerprint density at radius 2 is 2.00 bits per heavy atom. The van der Waals surface area contributed by atoms with Crippen molar-refractivity contribution < 1.29 is 9.53 Å². The topological polar surface area (TPSA) is 90.5 Å². The summed E-state index contributed by atoms with van der Waals surface area (Å²) in [4.78, 5) is 29.6. The van der Waals surface area contributed by atoms with Crippen LogP contribution in [0.25, 0.3) is 5.65 Å². The predicted octanol–water partition coefficient (Wildman–Crippen LogP) is 2.11. The molecular formula is C19H21N5O3. The first-order valence-electron chi connectivity index (χ1n) is 8.96. The number of aromatic nitrogens is 4. The summed E-state index contributed by atoms with van der Waals surface area (Å²) in [6.45, 7) is 5.22. The minimum atomic E-state index is -0.488. The molecule has 0 bridgehead atoms. The van der Waals surface area contributed by atoms with Crippen molar-refractivity contribution in [1.82, 2.24) is 19.2 Å². The second-order valence-electron chi connectivity index (χ2n) is 6.80. The fourth-order valence-electron chi connectivity index (χ4n) is 3.37. The van der Waals surface area contributed by atoms with E-state index in [9.17, 15) is 9.59 Å². The number of carbonyl (C=O) groups is 1. The summed E-state index contributed by atoms with van der Waals surface area (Å²) in [7, 11) is 0. The molecule has 8 nitrogen and oxygen atoms in total. The van der Waals surface area contributed by atoms with E-state index in [1.54, 1.807) is 18.5 Å². The number of rotatable bonds is 3. The smallest absolute Gasteiger partial charge is 0.270 e. The first-order valence-corrected chi connectivity index (χ1v) is 8.96. The zero-order valence-electron chi connectivity index (χ0n) is 15.3. The summed E-state index contributed by atoms with van der Waals surface area (Å²) in [5.74, 6) is -0.488. The van der Waals surface area contributed by atoms with Gasteiger partial charge in [-0.3, -0.25) is 18.7 Å². The Morgan fingerprint density at radius 1 is 1.22 bits per heavy atom. The van der Waals surface area contributed by atoms with Gasteiger partial charge in [0, 0.05) is 25.6 Å². The molecule has 27 heavy (non-hydrogen) atoms. The molecule has 4 heterocycles. The second-order valence-corrected chi connectivity index (χ2v) is 6.80. The molecule has 1 saturated heterocycles. The number of carbonyl (C=O) groups excluding carboxylic acids is 1. The summed E-state index contributed by atoms with van der Waals surface area (Å²) >= 11 is 0. The Kier molecular flexibility index (Phi) is 4.49. The third kappa shape index (κ3) is 3.23. The molecule has 0 saturated carbocycles. The maximum atomic E-state index is 12.7. The first-order chi connectivity index (χ1) is 13.0. The van der Waals surface area contributed by atoms with E-state index in [0.717, 1.165) is 24.1 Å². The highest BCUT2D eigenvalue weighted by molar-refractivity contribution is 6.04. The first kappa shape index (κ1) is 17.4. The Labute approximate surface area is 155 Å². The molecule has 0 unspecified atom stereocenters. The number of nitrogens with zero attached hydrogens (tertiary/aromatic N) is 4. The fourth-order valence-corrected chi connectivity index (χ4v) is 3.37. The van der Waals surface area contributed by atoms with Crippen LogP contribution in [0.15, 0.2) is 35.5 Å². The summed E-state index contributed by atoms with van der Waals surface area (Å²) in [6.07, 6.45) is 6.41. The third-order valence-electron chi connectivity index (χ3n) is 4.92. The zero-order valence-corrected chi connectivity index (χ0v) is 15.3. The molecule has 140 valence electrons. The highest BCUT2D eigenvalue weighted by Crippen LogP contribution is 2.25. The number of ether oxygens (including phenoxy) is 1. The van der Waals surface area contributed by atoms with Crippen molar-refractivity contribution in [2.75, 3.05) is 18.5 Å². The van der Waals surface area contributed by atoms with Crippen LogP contribution in [0, 0.1) is 13.8 Å². The van der Waals surface area contributed by atoms with Crippen molar-refractivity contribution in [1.29, 1.82) is 0 Å². The number of aryl methyl sites for hydroxylation is 1. The van der Waals surface area contributed by atoms with Crippen molar-refractivity contribution in [2.24, 2.45) is 0 Å². The van der Waals surface area contributed by atoms with Crippen LogP contribution in [-0.2, 0) is 4.74 Å². The van der Waals surface area contributed by atoms with E-state index in [-0.39, 0.29) is 11.6 Å². The Hall–Kier alpha value is -3.00. The largest absolute Gasteiger partial charge is 0.381 e. The molecular weight excluding hydrogens is 346 g/mol. The average Bonchev–Trinajstić information content (AvgIpc) is 3.03. The lowest BCUT2D eigenvalue weighted by atomic mass is 10.1. The minimum Gasteiger partial charge on any atom is -0.381 e.